The van der Waals surface area contributed by atoms with Crippen molar-refractivity contribution in [3.05, 3.63) is 33.8 Å². The van der Waals surface area contributed by atoms with Gasteiger partial charge in [0.2, 0.25) is 11.8 Å². The molecule has 5 nitrogen and oxygen atoms in total. The van der Waals surface area contributed by atoms with Crippen molar-refractivity contribution in [1.29, 1.82) is 0 Å². The Morgan fingerprint density at radius 1 is 1.27 bits per heavy atom. The Kier molecular flexibility index (Phi) is 7.65. The van der Waals surface area contributed by atoms with Crippen LogP contribution in [0.3, 0.4) is 0 Å². The molecule has 0 aliphatic carbocycles. The van der Waals surface area contributed by atoms with E-state index >= 15 is 0 Å². The molecule has 0 spiro atoms. The summed E-state index contributed by atoms with van der Waals surface area (Å²) in [4.78, 5) is 24.3. The summed E-state index contributed by atoms with van der Waals surface area (Å²) in [6.07, 6.45) is -0.352. The summed E-state index contributed by atoms with van der Waals surface area (Å²) in [6.45, 7) is 2.46. The largest absolute Gasteiger partial charge is 0.388 e. The zero-order valence-electron chi connectivity index (χ0n) is 12.6. The smallest absolute Gasteiger partial charge is 0.225 e. The van der Waals surface area contributed by atoms with Crippen LogP contribution in [0.5, 0.6) is 0 Å². The van der Waals surface area contributed by atoms with Gasteiger partial charge in [-0.1, -0.05) is 23.2 Å². The molecule has 1 aromatic rings. The van der Waals surface area contributed by atoms with E-state index in [9.17, 15) is 14.7 Å². The van der Waals surface area contributed by atoms with Crippen LogP contribution in [0.2, 0.25) is 10.0 Å². The molecule has 0 aromatic heterocycles. The van der Waals surface area contributed by atoms with Gasteiger partial charge in [-0.15, -0.1) is 0 Å². The van der Waals surface area contributed by atoms with Crippen LogP contribution in [-0.4, -0.2) is 42.0 Å². The molecule has 0 aliphatic heterocycles. The third-order valence-electron chi connectivity index (χ3n) is 3.11. The monoisotopic (exact) mass is 346 g/mol. The van der Waals surface area contributed by atoms with Crippen LogP contribution in [0.1, 0.15) is 31.4 Å². The van der Waals surface area contributed by atoms with Crippen molar-refractivity contribution in [1.82, 2.24) is 10.2 Å². The Balaban J connectivity index is 2.47. The molecule has 0 saturated heterocycles. The Hall–Kier alpha value is -1.30. The molecule has 0 radical (unpaired) electrons. The number of benzene rings is 1. The minimum atomic E-state index is -0.957. The molecule has 122 valence electrons. The predicted molar refractivity (Wildman–Crippen MR) is 87.0 cm³/mol. The van der Waals surface area contributed by atoms with Crippen molar-refractivity contribution < 1.29 is 14.7 Å². The number of rotatable bonds is 7. The number of carbonyl (C=O) groups is 2. The van der Waals surface area contributed by atoms with Crippen LogP contribution < -0.4 is 5.32 Å². The van der Waals surface area contributed by atoms with E-state index < -0.39 is 6.10 Å². The molecule has 0 bridgehead atoms. The Morgan fingerprint density at radius 3 is 2.41 bits per heavy atom. The molecular weight excluding hydrogens is 327 g/mol. The van der Waals surface area contributed by atoms with E-state index in [0.29, 0.717) is 35.1 Å². The van der Waals surface area contributed by atoms with E-state index in [2.05, 4.69) is 5.32 Å². The van der Waals surface area contributed by atoms with E-state index in [1.807, 2.05) is 0 Å². The summed E-state index contributed by atoms with van der Waals surface area (Å²) in [5, 5.41) is 13.6. The number of halogens is 2. The molecule has 0 saturated carbocycles. The first-order valence-corrected chi connectivity index (χ1v) is 7.67. The highest BCUT2D eigenvalue weighted by molar-refractivity contribution is 6.34. The van der Waals surface area contributed by atoms with Gasteiger partial charge in [0.1, 0.15) is 0 Å². The fourth-order valence-electron chi connectivity index (χ4n) is 1.91. The standard InChI is InChI=1S/C15H20Cl2N2O3/c1-10(20)18-4-3-5-19(2)15(22)9-14(21)11-6-12(16)8-13(17)7-11/h6-8,14,21H,3-5,9H2,1-2H3,(H,18,20). The first-order valence-electron chi connectivity index (χ1n) is 6.92. The first kappa shape index (κ1) is 18.7. The predicted octanol–water partition coefficient (Wildman–Crippen LogP) is 2.40. The van der Waals surface area contributed by atoms with Crippen LogP contribution in [-0.2, 0) is 9.59 Å². The SMILES string of the molecule is CC(=O)NCCCN(C)C(=O)CC(O)c1cc(Cl)cc(Cl)c1. The highest BCUT2D eigenvalue weighted by Gasteiger charge is 2.17. The second-order valence-electron chi connectivity index (χ2n) is 5.07. The number of nitrogens with zero attached hydrogens (tertiary/aromatic N) is 1. The van der Waals surface area contributed by atoms with Gasteiger partial charge in [0.25, 0.3) is 0 Å². The van der Waals surface area contributed by atoms with Gasteiger partial charge in [0.15, 0.2) is 0 Å². The number of aliphatic hydroxyl groups excluding tert-OH is 1. The second kappa shape index (κ2) is 8.98. The molecule has 1 aromatic carbocycles. The van der Waals surface area contributed by atoms with E-state index in [4.69, 9.17) is 23.2 Å². The third-order valence-corrected chi connectivity index (χ3v) is 3.54. The molecular formula is C15H20Cl2N2O3. The molecule has 1 atom stereocenters. The highest BCUT2D eigenvalue weighted by Crippen LogP contribution is 2.25. The molecule has 0 fully saturated rings. The van der Waals surface area contributed by atoms with Gasteiger partial charge < -0.3 is 15.3 Å². The zero-order valence-corrected chi connectivity index (χ0v) is 14.1. The number of aliphatic hydroxyl groups is 1. The highest BCUT2D eigenvalue weighted by atomic mass is 35.5. The number of hydrogen-bond acceptors (Lipinski definition) is 3. The van der Waals surface area contributed by atoms with Crippen molar-refractivity contribution in [2.24, 2.45) is 0 Å². The van der Waals surface area contributed by atoms with Gasteiger partial charge in [-0.2, -0.15) is 0 Å². The number of hydrogen-bond donors (Lipinski definition) is 2. The molecule has 2 amide bonds. The van der Waals surface area contributed by atoms with Crippen molar-refractivity contribution in [3.8, 4) is 0 Å². The van der Waals surface area contributed by atoms with Crippen LogP contribution >= 0.6 is 23.2 Å². The molecule has 7 heteroatoms. The van der Waals surface area contributed by atoms with Crippen molar-refractivity contribution in [2.75, 3.05) is 20.1 Å². The van der Waals surface area contributed by atoms with Crippen molar-refractivity contribution in [3.63, 3.8) is 0 Å². The molecule has 0 aliphatic rings. The van der Waals surface area contributed by atoms with Gasteiger partial charge in [-0.05, 0) is 30.2 Å². The first-order chi connectivity index (χ1) is 10.3. The van der Waals surface area contributed by atoms with E-state index in [1.54, 1.807) is 25.2 Å². The van der Waals surface area contributed by atoms with Crippen LogP contribution in [0.25, 0.3) is 0 Å². The molecule has 2 N–H and O–H groups in total. The lowest BCUT2D eigenvalue weighted by molar-refractivity contribution is -0.132. The van der Waals surface area contributed by atoms with Gasteiger partial charge in [0.05, 0.1) is 12.5 Å². The minimum absolute atomic E-state index is 0.0483. The van der Waals surface area contributed by atoms with E-state index in [1.165, 1.54) is 11.8 Å². The Bertz CT molecular complexity index is 517. The average Bonchev–Trinajstić information content (AvgIpc) is 2.41. The van der Waals surface area contributed by atoms with Gasteiger partial charge in [0, 0.05) is 37.1 Å². The van der Waals surface area contributed by atoms with Crippen LogP contribution in [0.4, 0.5) is 0 Å². The summed E-state index contributed by atoms with van der Waals surface area (Å²) in [6, 6.07) is 4.74. The molecule has 0 heterocycles. The van der Waals surface area contributed by atoms with E-state index in [0.717, 1.165) is 0 Å². The van der Waals surface area contributed by atoms with E-state index in [-0.39, 0.29) is 18.2 Å². The maximum Gasteiger partial charge on any atom is 0.225 e. The fourth-order valence-corrected chi connectivity index (χ4v) is 2.45. The summed E-state index contributed by atoms with van der Waals surface area (Å²) in [5.74, 6) is -0.284. The minimum Gasteiger partial charge on any atom is -0.388 e. The van der Waals surface area contributed by atoms with Crippen LogP contribution in [0, 0.1) is 0 Å². The van der Waals surface area contributed by atoms with Crippen molar-refractivity contribution in [2.45, 2.75) is 25.9 Å². The van der Waals surface area contributed by atoms with Gasteiger partial charge in [-0.25, -0.2) is 0 Å². The summed E-state index contributed by atoms with van der Waals surface area (Å²) < 4.78 is 0. The normalized spacial score (nSPS) is 11.9. The Morgan fingerprint density at radius 2 is 1.86 bits per heavy atom. The molecule has 22 heavy (non-hydrogen) atoms. The van der Waals surface area contributed by atoms with Gasteiger partial charge >= 0.3 is 0 Å². The third kappa shape index (κ3) is 6.64. The number of nitrogens with one attached hydrogen (secondary N) is 1. The summed E-state index contributed by atoms with van der Waals surface area (Å²) >= 11 is 11.8. The maximum absolute atomic E-state index is 12.0. The number of amides is 2. The van der Waals surface area contributed by atoms with Crippen molar-refractivity contribution >= 4 is 35.0 Å². The summed E-state index contributed by atoms with van der Waals surface area (Å²) in [5.41, 5.74) is 0.512. The van der Waals surface area contributed by atoms with Crippen LogP contribution in [0.15, 0.2) is 18.2 Å². The lowest BCUT2D eigenvalue weighted by Gasteiger charge is -2.19. The topological polar surface area (TPSA) is 69.6 Å². The molecule has 1 rings (SSSR count). The lowest BCUT2D eigenvalue weighted by atomic mass is 10.1. The molecule has 1 unspecified atom stereocenters. The Labute approximate surface area is 140 Å². The second-order valence-corrected chi connectivity index (χ2v) is 5.95. The quantitative estimate of drug-likeness (QED) is 0.744. The number of carbonyl (C=O) groups excluding carboxylic acids is 2. The van der Waals surface area contributed by atoms with Gasteiger partial charge in [-0.3, -0.25) is 9.59 Å². The lowest BCUT2D eigenvalue weighted by Crippen LogP contribution is -2.31. The zero-order chi connectivity index (χ0) is 16.7. The average molecular weight is 347 g/mol. The fraction of sp³-hybridized carbons (Fsp3) is 0.467. The summed E-state index contributed by atoms with van der Waals surface area (Å²) in [7, 11) is 1.66. The maximum atomic E-state index is 12.0.